The van der Waals surface area contributed by atoms with Crippen molar-refractivity contribution in [1.29, 1.82) is 0 Å². The number of fused-ring (bicyclic) bond motifs is 2. The van der Waals surface area contributed by atoms with Gasteiger partial charge in [-0.2, -0.15) is 0 Å². The summed E-state index contributed by atoms with van der Waals surface area (Å²) in [5.74, 6) is 2.80. The van der Waals surface area contributed by atoms with Crippen molar-refractivity contribution in [2.75, 3.05) is 0 Å². The lowest BCUT2D eigenvalue weighted by molar-refractivity contribution is 0.445. The largest absolute Gasteiger partial charge is 0.103 e. The van der Waals surface area contributed by atoms with Crippen molar-refractivity contribution in [3.63, 3.8) is 0 Å². The molecule has 2 saturated carbocycles. The Balaban J connectivity index is 2.09. The van der Waals surface area contributed by atoms with Crippen LogP contribution < -0.4 is 0 Å². The Morgan fingerprint density at radius 1 is 1.44 bits per heavy atom. The molecule has 0 amide bonds. The summed E-state index contributed by atoms with van der Waals surface area (Å²) < 4.78 is 0. The first kappa shape index (κ1) is 5.52. The molecule has 0 saturated heterocycles. The summed E-state index contributed by atoms with van der Waals surface area (Å²) in [4.78, 5) is 0. The third kappa shape index (κ3) is 0.726. The summed E-state index contributed by atoms with van der Waals surface area (Å²) in [5, 5.41) is 0. The van der Waals surface area contributed by atoms with E-state index in [-0.39, 0.29) is 0 Å². The van der Waals surface area contributed by atoms with E-state index in [4.69, 9.17) is 0 Å². The van der Waals surface area contributed by atoms with E-state index in [1.165, 1.54) is 19.3 Å². The van der Waals surface area contributed by atoms with Crippen LogP contribution in [0.15, 0.2) is 12.7 Å². The minimum absolute atomic E-state index is 0.861. The summed E-state index contributed by atoms with van der Waals surface area (Å²) in [6.07, 6.45) is 8.86. The van der Waals surface area contributed by atoms with Crippen molar-refractivity contribution < 1.29 is 0 Å². The zero-order valence-electron chi connectivity index (χ0n) is 5.72. The van der Waals surface area contributed by atoms with Crippen LogP contribution in [0.3, 0.4) is 0 Å². The minimum Gasteiger partial charge on any atom is -0.103 e. The van der Waals surface area contributed by atoms with E-state index in [2.05, 4.69) is 19.1 Å². The second kappa shape index (κ2) is 1.86. The molecule has 0 N–H and O–H groups in total. The van der Waals surface area contributed by atoms with Crippen LogP contribution in [0.25, 0.3) is 0 Å². The van der Waals surface area contributed by atoms with Gasteiger partial charge in [-0.3, -0.25) is 0 Å². The van der Waals surface area contributed by atoms with Crippen LogP contribution >= 0.6 is 0 Å². The average Bonchev–Trinajstić information content (AvgIpc) is 2.45. The Morgan fingerprint density at radius 2 is 2.33 bits per heavy atom. The maximum absolute atomic E-state index is 3.85. The molecule has 0 heteroatoms. The van der Waals surface area contributed by atoms with Crippen molar-refractivity contribution in [3.05, 3.63) is 19.1 Å². The Kier molecular flexibility index (Phi) is 1.14. The highest BCUT2D eigenvalue weighted by molar-refractivity contribution is 5.04. The van der Waals surface area contributed by atoms with Gasteiger partial charge >= 0.3 is 0 Å². The lowest BCUT2D eigenvalue weighted by Crippen LogP contribution is -2.06. The Labute approximate surface area is 57.0 Å². The van der Waals surface area contributed by atoms with E-state index in [1.807, 2.05) is 0 Å². The average molecular weight is 121 g/mol. The SMILES string of the molecule is C=CC1CC2[CH]CC1C2. The molecule has 2 rings (SSSR count). The molecule has 0 aromatic carbocycles. The Hall–Kier alpha value is -0.260. The molecule has 1 radical (unpaired) electrons. The summed E-state index contributed by atoms with van der Waals surface area (Å²) in [5.41, 5.74) is 0. The van der Waals surface area contributed by atoms with E-state index in [0.29, 0.717) is 0 Å². The number of rotatable bonds is 1. The fraction of sp³-hybridized carbons (Fsp3) is 0.667. The van der Waals surface area contributed by atoms with Gasteiger partial charge in [0.1, 0.15) is 0 Å². The highest BCUT2D eigenvalue weighted by Gasteiger charge is 2.37. The molecule has 0 heterocycles. The highest BCUT2D eigenvalue weighted by atomic mass is 14.4. The van der Waals surface area contributed by atoms with Crippen LogP contribution in [0.5, 0.6) is 0 Å². The summed E-state index contributed by atoms with van der Waals surface area (Å²) in [7, 11) is 0. The van der Waals surface area contributed by atoms with Gasteiger partial charge in [0.15, 0.2) is 0 Å². The Morgan fingerprint density at radius 3 is 2.67 bits per heavy atom. The first-order chi connectivity index (χ1) is 4.40. The minimum atomic E-state index is 0.861. The molecule has 3 unspecified atom stereocenters. The summed E-state index contributed by atoms with van der Waals surface area (Å²) in [6, 6.07) is 0. The molecule has 0 aromatic rings. The van der Waals surface area contributed by atoms with Crippen LogP contribution in [0.2, 0.25) is 0 Å². The lowest BCUT2D eigenvalue weighted by atomic mass is 9.89. The quantitative estimate of drug-likeness (QED) is 0.467. The van der Waals surface area contributed by atoms with Crippen molar-refractivity contribution in [1.82, 2.24) is 0 Å². The lowest BCUT2D eigenvalue weighted by Gasteiger charge is -2.16. The second-order valence-corrected chi connectivity index (χ2v) is 3.36. The molecule has 0 nitrogen and oxygen atoms in total. The zero-order valence-corrected chi connectivity index (χ0v) is 5.72. The monoisotopic (exact) mass is 121 g/mol. The van der Waals surface area contributed by atoms with Gasteiger partial charge in [0, 0.05) is 0 Å². The second-order valence-electron chi connectivity index (χ2n) is 3.36. The third-order valence-electron chi connectivity index (χ3n) is 2.86. The van der Waals surface area contributed by atoms with Gasteiger partial charge in [-0.25, -0.2) is 0 Å². The molecule has 2 bridgehead atoms. The van der Waals surface area contributed by atoms with Crippen LogP contribution in [-0.4, -0.2) is 0 Å². The van der Waals surface area contributed by atoms with Crippen molar-refractivity contribution >= 4 is 0 Å². The van der Waals surface area contributed by atoms with Gasteiger partial charge in [0.25, 0.3) is 0 Å². The van der Waals surface area contributed by atoms with Crippen LogP contribution in [0, 0.1) is 24.2 Å². The van der Waals surface area contributed by atoms with Crippen LogP contribution in [0.1, 0.15) is 19.3 Å². The van der Waals surface area contributed by atoms with E-state index >= 15 is 0 Å². The number of hydrogen-bond donors (Lipinski definition) is 0. The predicted molar refractivity (Wildman–Crippen MR) is 38.8 cm³/mol. The van der Waals surface area contributed by atoms with Gasteiger partial charge in [-0.05, 0) is 43.4 Å². The first-order valence-corrected chi connectivity index (χ1v) is 3.86. The molecule has 2 fully saturated rings. The molecule has 49 valence electrons. The van der Waals surface area contributed by atoms with Gasteiger partial charge in [-0.15, -0.1) is 6.58 Å². The van der Waals surface area contributed by atoms with Crippen molar-refractivity contribution in [2.45, 2.75) is 19.3 Å². The molecule has 2 aliphatic rings. The summed E-state index contributed by atoms with van der Waals surface area (Å²) in [6.45, 7) is 3.85. The normalized spacial score (nSPS) is 47.8. The Bertz CT molecular complexity index is 126. The highest BCUT2D eigenvalue weighted by Crippen LogP contribution is 2.47. The molecule has 0 spiro atoms. The van der Waals surface area contributed by atoms with E-state index in [9.17, 15) is 0 Å². The molecule has 0 aliphatic heterocycles. The van der Waals surface area contributed by atoms with Crippen LogP contribution in [0.4, 0.5) is 0 Å². The summed E-state index contributed by atoms with van der Waals surface area (Å²) >= 11 is 0. The smallest absolute Gasteiger partial charge is 0.0205 e. The van der Waals surface area contributed by atoms with Crippen molar-refractivity contribution in [3.8, 4) is 0 Å². The topological polar surface area (TPSA) is 0 Å². The molecule has 2 aliphatic carbocycles. The fourth-order valence-electron chi connectivity index (χ4n) is 2.32. The van der Waals surface area contributed by atoms with E-state index < -0.39 is 0 Å². The first-order valence-electron chi connectivity index (χ1n) is 3.86. The standard InChI is InChI=1S/C9H13/c1-2-8-5-7-3-4-9(8)6-7/h2-3,7-9H,1,4-6H2. The van der Waals surface area contributed by atoms with E-state index in [1.54, 1.807) is 0 Å². The van der Waals surface area contributed by atoms with Gasteiger partial charge in [0.2, 0.25) is 0 Å². The van der Waals surface area contributed by atoms with Crippen LogP contribution in [-0.2, 0) is 0 Å². The number of allylic oxidation sites excluding steroid dienone is 1. The third-order valence-corrected chi connectivity index (χ3v) is 2.86. The molecular weight excluding hydrogens is 108 g/mol. The van der Waals surface area contributed by atoms with Gasteiger partial charge in [-0.1, -0.05) is 6.08 Å². The van der Waals surface area contributed by atoms with E-state index in [0.717, 1.165) is 17.8 Å². The maximum atomic E-state index is 3.85. The molecule has 9 heavy (non-hydrogen) atoms. The molecule has 0 aromatic heterocycles. The molecular formula is C9H13. The van der Waals surface area contributed by atoms with Gasteiger partial charge in [0.05, 0.1) is 0 Å². The fourth-order valence-corrected chi connectivity index (χ4v) is 2.32. The number of hydrogen-bond acceptors (Lipinski definition) is 0. The van der Waals surface area contributed by atoms with Crippen molar-refractivity contribution in [2.24, 2.45) is 17.8 Å². The maximum Gasteiger partial charge on any atom is -0.0205 e. The predicted octanol–water partition coefficient (Wildman–Crippen LogP) is 2.42. The zero-order chi connectivity index (χ0) is 6.27. The van der Waals surface area contributed by atoms with Gasteiger partial charge < -0.3 is 0 Å². The molecule has 3 atom stereocenters.